The van der Waals surface area contributed by atoms with Crippen LogP contribution in [0.15, 0.2) is 24.2 Å². The maximum Gasteiger partial charge on any atom is 0.205 e. The van der Waals surface area contributed by atoms with Gasteiger partial charge in [0.25, 0.3) is 0 Å². The van der Waals surface area contributed by atoms with Crippen molar-refractivity contribution in [1.82, 2.24) is 15.0 Å². The number of ether oxygens (including phenoxy) is 4. The molecule has 0 aromatic carbocycles. The number of hydrogen-bond acceptors (Lipinski definition) is 10. The molecule has 0 amide bonds. The summed E-state index contributed by atoms with van der Waals surface area (Å²) < 4.78 is 22.7. The van der Waals surface area contributed by atoms with Crippen LogP contribution in [0.1, 0.15) is 130 Å². The number of aromatic hydroxyl groups is 1. The number of rotatable bonds is 4. The Kier molecular flexibility index (Phi) is 12.2. The molecule has 262 valence electrons. The van der Waals surface area contributed by atoms with E-state index in [1.807, 2.05) is 47.7 Å². The van der Waals surface area contributed by atoms with Crippen molar-refractivity contribution in [3.63, 3.8) is 0 Å². The van der Waals surface area contributed by atoms with Crippen molar-refractivity contribution in [2.24, 2.45) is 5.41 Å². The molecule has 2 aliphatic rings. The molecular weight excluding hydrogens is 610 g/mol. The van der Waals surface area contributed by atoms with Gasteiger partial charge < -0.3 is 29.2 Å². The minimum absolute atomic E-state index is 0.0767. The van der Waals surface area contributed by atoms with Gasteiger partial charge in [-0.1, -0.05) is 39.3 Å². The number of aromatic nitrogens is 3. The maximum absolute atomic E-state index is 10.8. The van der Waals surface area contributed by atoms with Gasteiger partial charge in [0.1, 0.15) is 11.5 Å². The number of aryl methyl sites for hydroxylation is 3. The fourth-order valence-electron chi connectivity index (χ4n) is 5.12. The summed E-state index contributed by atoms with van der Waals surface area (Å²) in [5.74, 6) is 0.682. The van der Waals surface area contributed by atoms with Gasteiger partial charge in [0.2, 0.25) is 11.6 Å². The highest BCUT2D eigenvalue weighted by Crippen LogP contribution is 2.39. The molecule has 1 unspecified atom stereocenters. The van der Waals surface area contributed by atoms with E-state index in [1.54, 1.807) is 19.3 Å². The van der Waals surface area contributed by atoms with Crippen molar-refractivity contribution in [3.05, 3.63) is 74.6 Å². The molecule has 3 aromatic heterocycles. The van der Waals surface area contributed by atoms with E-state index < -0.39 is 11.6 Å². The van der Waals surface area contributed by atoms with Crippen LogP contribution in [0.2, 0.25) is 0 Å². The van der Waals surface area contributed by atoms with Gasteiger partial charge in [-0.15, -0.1) is 0 Å². The summed E-state index contributed by atoms with van der Waals surface area (Å²) in [5.41, 5.74) is 8.62. The first-order valence-electron chi connectivity index (χ1n) is 16.2. The van der Waals surface area contributed by atoms with E-state index in [9.17, 15) is 15.0 Å². The number of carbonyl (C=O) groups excluding carboxylic acids is 1. The first kappa shape index (κ1) is 38.6. The van der Waals surface area contributed by atoms with E-state index in [-0.39, 0.29) is 23.7 Å². The molecule has 0 spiro atoms. The monoisotopic (exact) mass is 663 g/mol. The molecule has 10 heteroatoms. The van der Waals surface area contributed by atoms with Crippen LogP contribution in [0.25, 0.3) is 6.08 Å². The standard InChI is InChI=1S/C14H19NO2.C13H21NO2.C11H13NO3/c1-9(2)6-11-7-15-10(3)13-12(11)8-16-14(4,5)17-13;1-8(13(3,4)5)10-6-14-9(2)12(16)11(10)7-15;1-7-10-9(8(5-13)4-12-7)6-14-11(2,3)15-10/h6-7H,8H2,1-5H3;6,8,15-16H,7H2,1-5H3;4-5H,6H2,1-3H3. The fraction of sp³-hybridized carbons (Fsp3) is 0.526. The van der Waals surface area contributed by atoms with Crippen molar-refractivity contribution in [3.8, 4) is 17.2 Å². The summed E-state index contributed by atoms with van der Waals surface area (Å²) in [6, 6.07) is 0. The van der Waals surface area contributed by atoms with Crippen LogP contribution < -0.4 is 9.47 Å². The quantitative estimate of drug-likeness (QED) is 0.264. The predicted octanol–water partition coefficient (Wildman–Crippen LogP) is 8.04. The Bertz CT molecular complexity index is 1650. The molecule has 48 heavy (non-hydrogen) atoms. The average molecular weight is 664 g/mol. The summed E-state index contributed by atoms with van der Waals surface area (Å²) in [6.07, 6.45) is 8.07. The van der Waals surface area contributed by atoms with Gasteiger partial charge in [-0.2, -0.15) is 0 Å². The summed E-state index contributed by atoms with van der Waals surface area (Å²) >= 11 is 0. The Morgan fingerprint density at radius 3 is 1.75 bits per heavy atom. The molecule has 5 heterocycles. The highest BCUT2D eigenvalue weighted by Gasteiger charge is 2.31. The number of hydrogen-bond donors (Lipinski definition) is 2. The van der Waals surface area contributed by atoms with Crippen molar-refractivity contribution in [2.45, 2.75) is 127 Å². The Morgan fingerprint density at radius 1 is 0.854 bits per heavy atom. The number of aldehydes is 1. The molecule has 0 radical (unpaired) electrons. The number of aliphatic hydroxyl groups is 1. The van der Waals surface area contributed by atoms with E-state index >= 15 is 0 Å². The molecular formula is C38H53N3O7. The fourth-order valence-corrected chi connectivity index (χ4v) is 5.12. The molecule has 0 bridgehead atoms. The van der Waals surface area contributed by atoms with Gasteiger partial charge in [0.15, 0.2) is 12.0 Å². The van der Waals surface area contributed by atoms with Gasteiger partial charge in [-0.3, -0.25) is 19.7 Å². The number of aliphatic hydroxyl groups excluding tert-OH is 1. The third kappa shape index (κ3) is 9.39. The van der Waals surface area contributed by atoms with E-state index in [4.69, 9.17) is 18.9 Å². The van der Waals surface area contributed by atoms with Crippen molar-refractivity contribution >= 4 is 12.4 Å². The molecule has 0 saturated carbocycles. The van der Waals surface area contributed by atoms with E-state index in [0.717, 1.165) is 45.7 Å². The normalized spacial score (nSPS) is 16.2. The van der Waals surface area contributed by atoms with Gasteiger partial charge in [-0.25, -0.2) is 0 Å². The van der Waals surface area contributed by atoms with Crippen LogP contribution >= 0.6 is 0 Å². The van der Waals surface area contributed by atoms with Crippen LogP contribution in [0.4, 0.5) is 0 Å². The minimum atomic E-state index is -0.652. The van der Waals surface area contributed by atoms with Crippen LogP contribution in [0, 0.1) is 26.2 Å². The number of allylic oxidation sites excluding steroid dienone is 1. The minimum Gasteiger partial charge on any atom is -0.506 e. The molecule has 2 aliphatic heterocycles. The third-order valence-electron chi connectivity index (χ3n) is 8.39. The largest absolute Gasteiger partial charge is 0.506 e. The SMILES string of the molecule is CC(C)=Cc1cnc(C)c2c1COC(C)(C)O2.Cc1ncc(C(C)C(C)(C)C)c(CO)c1O.Cc1ncc(C=O)c2c1OC(C)(C)OC2. The highest BCUT2D eigenvalue weighted by atomic mass is 16.7. The van der Waals surface area contributed by atoms with E-state index in [0.29, 0.717) is 35.8 Å². The molecule has 5 rings (SSSR count). The van der Waals surface area contributed by atoms with Gasteiger partial charge in [0.05, 0.1) is 36.9 Å². The zero-order chi connectivity index (χ0) is 36.2. The Hall–Kier alpha value is -3.86. The summed E-state index contributed by atoms with van der Waals surface area (Å²) in [4.78, 5) is 23.5. The zero-order valence-corrected chi connectivity index (χ0v) is 30.9. The second kappa shape index (κ2) is 15.1. The topological polar surface area (TPSA) is 133 Å². The molecule has 0 saturated heterocycles. The average Bonchev–Trinajstić information content (AvgIpc) is 2.99. The van der Waals surface area contributed by atoms with Crippen molar-refractivity contribution in [2.75, 3.05) is 0 Å². The lowest BCUT2D eigenvalue weighted by Gasteiger charge is -2.33. The molecule has 10 nitrogen and oxygen atoms in total. The summed E-state index contributed by atoms with van der Waals surface area (Å²) in [5, 5.41) is 19.2. The summed E-state index contributed by atoms with van der Waals surface area (Å²) in [6.45, 7) is 26.5. The lowest BCUT2D eigenvalue weighted by Crippen LogP contribution is -2.36. The smallest absolute Gasteiger partial charge is 0.205 e. The van der Waals surface area contributed by atoms with E-state index in [1.165, 1.54) is 5.57 Å². The Morgan fingerprint density at radius 2 is 1.31 bits per heavy atom. The second-order valence-electron chi connectivity index (χ2n) is 14.5. The molecule has 0 aliphatic carbocycles. The van der Waals surface area contributed by atoms with Crippen LogP contribution in [0.3, 0.4) is 0 Å². The number of fused-ring (bicyclic) bond motifs is 2. The lowest BCUT2D eigenvalue weighted by atomic mass is 9.77. The predicted molar refractivity (Wildman–Crippen MR) is 186 cm³/mol. The van der Waals surface area contributed by atoms with Crippen LogP contribution in [-0.4, -0.2) is 43.0 Å². The summed E-state index contributed by atoms with van der Waals surface area (Å²) in [7, 11) is 0. The molecule has 0 fully saturated rings. The van der Waals surface area contributed by atoms with E-state index in [2.05, 4.69) is 62.6 Å². The first-order valence-corrected chi connectivity index (χ1v) is 16.2. The van der Waals surface area contributed by atoms with Gasteiger partial charge in [-0.05, 0) is 51.5 Å². The Labute approximate surface area is 285 Å². The lowest BCUT2D eigenvalue weighted by molar-refractivity contribution is -0.181. The van der Waals surface area contributed by atoms with Crippen molar-refractivity contribution in [1.29, 1.82) is 0 Å². The van der Waals surface area contributed by atoms with Gasteiger partial charge >= 0.3 is 0 Å². The molecule has 2 N–H and O–H groups in total. The number of carbonyl (C=O) groups is 1. The first-order chi connectivity index (χ1) is 22.2. The maximum atomic E-state index is 10.8. The Balaban J connectivity index is 0.000000196. The third-order valence-corrected chi connectivity index (χ3v) is 8.39. The van der Waals surface area contributed by atoms with Crippen LogP contribution in [-0.2, 0) is 29.3 Å². The second-order valence-corrected chi connectivity index (χ2v) is 14.5. The highest BCUT2D eigenvalue weighted by molar-refractivity contribution is 5.78. The molecule has 1 atom stereocenters. The number of pyridine rings is 3. The van der Waals surface area contributed by atoms with Gasteiger partial charge in [0, 0.05) is 74.1 Å². The zero-order valence-electron chi connectivity index (χ0n) is 30.9. The van der Waals surface area contributed by atoms with Crippen LogP contribution in [0.5, 0.6) is 17.2 Å². The molecule has 3 aromatic rings. The van der Waals surface area contributed by atoms with Crippen molar-refractivity contribution < 1.29 is 34.0 Å². The number of nitrogens with zero attached hydrogens (tertiary/aromatic N) is 3.